The fraction of sp³-hybridized carbons (Fsp3) is 0.500. The van der Waals surface area contributed by atoms with E-state index in [2.05, 4.69) is 10.6 Å². The molecule has 1 aromatic carbocycles. The maximum atomic E-state index is 12.8. The van der Waals surface area contributed by atoms with Crippen LogP contribution < -0.4 is 10.6 Å². The number of nitrogens with zero attached hydrogens (tertiary/aromatic N) is 1. The van der Waals surface area contributed by atoms with Crippen molar-refractivity contribution in [1.82, 2.24) is 10.6 Å². The average molecular weight is 387 g/mol. The lowest BCUT2D eigenvalue weighted by molar-refractivity contribution is -0.137. The number of halogens is 3. The number of carbonyl (C=O) groups is 1. The Bertz CT molecular complexity index is 873. The summed E-state index contributed by atoms with van der Waals surface area (Å²) in [6.07, 6.45) is -3.61. The Labute approximate surface area is 148 Å². The molecule has 2 fully saturated rings. The highest BCUT2D eigenvalue weighted by Gasteiger charge is 2.47. The lowest BCUT2D eigenvalue weighted by atomic mass is 10.2. The first kappa shape index (κ1) is 18.7. The van der Waals surface area contributed by atoms with E-state index in [1.165, 1.54) is 0 Å². The SMILES string of the molecule is N#CC1(NC(=O)[C@@H]2C[C@@H](S(=O)(=O)c3cccc(C(F)(F)F)c3)CN2)CC1. The van der Waals surface area contributed by atoms with Crippen molar-refractivity contribution in [1.29, 1.82) is 5.26 Å². The Morgan fingerprint density at radius 2 is 2.04 bits per heavy atom. The number of hydrogen-bond donors (Lipinski definition) is 2. The Balaban J connectivity index is 1.73. The van der Waals surface area contributed by atoms with Gasteiger partial charge in [0.05, 0.1) is 27.8 Å². The van der Waals surface area contributed by atoms with Crippen molar-refractivity contribution in [3.63, 3.8) is 0 Å². The van der Waals surface area contributed by atoms with Crippen LogP contribution in [0.1, 0.15) is 24.8 Å². The van der Waals surface area contributed by atoms with Gasteiger partial charge in [0, 0.05) is 6.54 Å². The fourth-order valence-electron chi connectivity index (χ4n) is 2.89. The molecule has 0 aromatic heterocycles. The van der Waals surface area contributed by atoms with Gasteiger partial charge in [0.2, 0.25) is 5.91 Å². The quantitative estimate of drug-likeness (QED) is 0.813. The van der Waals surface area contributed by atoms with Gasteiger partial charge < -0.3 is 10.6 Å². The van der Waals surface area contributed by atoms with E-state index in [1.807, 2.05) is 6.07 Å². The summed E-state index contributed by atoms with van der Waals surface area (Å²) < 4.78 is 63.7. The molecule has 0 unspecified atom stereocenters. The van der Waals surface area contributed by atoms with Crippen molar-refractivity contribution in [3.05, 3.63) is 29.8 Å². The van der Waals surface area contributed by atoms with E-state index in [-0.39, 0.29) is 13.0 Å². The highest BCUT2D eigenvalue weighted by atomic mass is 32.2. The Morgan fingerprint density at radius 1 is 1.35 bits per heavy atom. The molecular weight excluding hydrogens is 371 g/mol. The van der Waals surface area contributed by atoms with E-state index >= 15 is 0 Å². The van der Waals surface area contributed by atoms with Crippen molar-refractivity contribution >= 4 is 15.7 Å². The highest BCUT2D eigenvalue weighted by Crippen LogP contribution is 2.35. The fourth-order valence-corrected chi connectivity index (χ4v) is 4.60. The summed E-state index contributed by atoms with van der Waals surface area (Å²) in [5.41, 5.74) is -1.90. The van der Waals surface area contributed by atoms with Crippen LogP contribution in [0.3, 0.4) is 0 Å². The Hall–Kier alpha value is -2.12. The molecule has 0 bridgehead atoms. The molecule has 2 N–H and O–H groups in total. The average Bonchev–Trinajstić information content (AvgIpc) is 3.17. The molecule has 0 radical (unpaired) electrons. The molecule has 1 amide bonds. The number of rotatable bonds is 4. The molecular formula is C16H16F3N3O3S. The largest absolute Gasteiger partial charge is 0.416 e. The van der Waals surface area contributed by atoms with Crippen LogP contribution in [-0.4, -0.2) is 37.7 Å². The summed E-state index contributed by atoms with van der Waals surface area (Å²) in [6, 6.07) is 4.79. The van der Waals surface area contributed by atoms with Gasteiger partial charge in [-0.25, -0.2) is 8.42 Å². The molecule has 1 aliphatic carbocycles. The van der Waals surface area contributed by atoms with Crippen LogP contribution in [0.5, 0.6) is 0 Å². The maximum Gasteiger partial charge on any atom is 0.416 e. The standard InChI is InChI=1S/C16H16F3N3O3S/c17-16(18,19)10-2-1-3-11(6-10)26(24,25)12-7-13(21-8-12)14(23)22-15(9-20)4-5-15/h1-3,6,12-13,21H,4-5,7-8H2,(H,22,23)/t12-,13+/m1/s1. The molecule has 2 aliphatic rings. The van der Waals surface area contributed by atoms with Crippen molar-refractivity contribution in [2.24, 2.45) is 0 Å². The normalized spacial score (nSPS) is 24.7. The first-order valence-electron chi connectivity index (χ1n) is 7.95. The van der Waals surface area contributed by atoms with Gasteiger partial charge in [-0.1, -0.05) is 6.07 Å². The second-order valence-corrected chi connectivity index (χ2v) is 8.80. The minimum absolute atomic E-state index is 0.0454. The van der Waals surface area contributed by atoms with Crippen LogP contribution in [0.2, 0.25) is 0 Å². The zero-order chi connectivity index (χ0) is 19.2. The van der Waals surface area contributed by atoms with Crippen molar-refractivity contribution in [2.45, 2.75) is 47.2 Å². The summed E-state index contributed by atoms with van der Waals surface area (Å²) in [7, 11) is -4.03. The lowest BCUT2D eigenvalue weighted by Gasteiger charge is -2.15. The molecule has 1 saturated carbocycles. The molecule has 6 nitrogen and oxygen atoms in total. The van der Waals surface area contributed by atoms with Crippen LogP contribution in [0.4, 0.5) is 13.2 Å². The van der Waals surface area contributed by atoms with Crippen molar-refractivity contribution in [2.75, 3.05) is 6.54 Å². The van der Waals surface area contributed by atoms with E-state index in [9.17, 15) is 26.4 Å². The zero-order valence-corrected chi connectivity index (χ0v) is 14.3. The molecule has 3 rings (SSSR count). The molecule has 1 aromatic rings. The summed E-state index contributed by atoms with van der Waals surface area (Å²) in [5.74, 6) is -0.467. The molecule has 2 atom stereocenters. The van der Waals surface area contributed by atoms with Gasteiger partial charge in [0.25, 0.3) is 0 Å². The van der Waals surface area contributed by atoms with Gasteiger partial charge >= 0.3 is 6.18 Å². The van der Waals surface area contributed by atoms with Gasteiger partial charge in [-0.15, -0.1) is 0 Å². The number of sulfone groups is 1. The van der Waals surface area contributed by atoms with E-state index in [0.717, 1.165) is 18.2 Å². The second kappa shape index (κ2) is 6.25. The molecule has 0 spiro atoms. The third-order valence-corrected chi connectivity index (χ3v) is 6.81. The van der Waals surface area contributed by atoms with Gasteiger partial charge in [0.1, 0.15) is 5.54 Å². The van der Waals surface area contributed by atoms with Crippen LogP contribution in [0.25, 0.3) is 0 Å². The highest BCUT2D eigenvalue weighted by molar-refractivity contribution is 7.92. The summed E-state index contributed by atoms with van der Waals surface area (Å²) in [4.78, 5) is 11.8. The van der Waals surface area contributed by atoms with Crippen molar-refractivity contribution < 1.29 is 26.4 Å². The summed E-state index contributed by atoms with van der Waals surface area (Å²) in [5, 5.41) is 13.4. The number of nitriles is 1. The number of hydrogen-bond acceptors (Lipinski definition) is 5. The zero-order valence-electron chi connectivity index (χ0n) is 13.5. The molecule has 10 heteroatoms. The second-order valence-electron chi connectivity index (χ2n) is 6.57. The molecule has 140 valence electrons. The van der Waals surface area contributed by atoms with Crippen LogP contribution in [-0.2, 0) is 20.8 Å². The molecule has 1 aliphatic heterocycles. The predicted molar refractivity (Wildman–Crippen MR) is 84.5 cm³/mol. The Kier molecular flexibility index (Phi) is 4.48. The third kappa shape index (κ3) is 3.54. The minimum Gasteiger partial charge on any atom is -0.336 e. The summed E-state index contributed by atoms with van der Waals surface area (Å²) >= 11 is 0. The van der Waals surface area contributed by atoms with E-state index in [4.69, 9.17) is 5.26 Å². The lowest BCUT2D eigenvalue weighted by Crippen LogP contribution is -2.45. The molecule has 1 heterocycles. The number of alkyl halides is 3. The smallest absolute Gasteiger partial charge is 0.336 e. The van der Waals surface area contributed by atoms with Crippen LogP contribution in [0.15, 0.2) is 29.2 Å². The van der Waals surface area contributed by atoms with Crippen LogP contribution in [0, 0.1) is 11.3 Å². The monoisotopic (exact) mass is 387 g/mol. The van der Waals surface area contributed by atoms with Crippen LogP contribution >= 0.6 is 0 Å². The molecule has 1 saturated heterocycles. The first-order valence-corrected chi connectivity index (χ1v) is 9.50. The van der Waals surface area contributed by atoms with E-state index in [0.29, 0.717) is 18.9 Å². The number of nitrogens with one attached hydrogen (secondary N) is 2. The molecule has 26 heavy (non-hydrogen) atoms. The number of amides is 1. The number of benzene rings is 1. The first-order chi connectivity index (χ1) is 12.1. The van der Waals surface area contributed by atoms with Gasteiger partial charge in [0.15, 0.2) is 9.84 Å². The predicted octanol–water partition coefficient (Wildman–Crippen LogP) is 1.38. The van der Waals surface area contributed by atoms with Gasteiger partial charge in [-0.05, 0) is 37.5 Å². The number of carbonyl (C=O) groups excluding carboxylic acids is 1. The van der Waals surface area contributed by atoms with Gasteiger partial charge in [-0.3, -0.25) is 4.79 Å². The van der Waals surface area contributed by atoms with Crippen molar-refractivity contribution in [3.8, 4) is 6.07 Å². The maximum absolute atomic E-state index is 12.8. The minimum atomic E-state index is -4.64. The topological polar surface area (TPSA) is 99.1 Å². The van der Waals surface area contributed by atoms with Gasteiger partial charge in [-0.2, -0.15) is 18.4 Å². The summed E-state index contributed by atoms with van der Waals surface area (Å²) in [6.45, 7) is -0.0454. The van der Waals surface area contributed by atoms with E-state index < -0.39 is 49.2 Å². The van der Waals surface area contributed by atoms with E-state index in [1.54, 1.807) is 0 Å². The Morgan fingerprint density at radius 3 is 2.62 bits per heavy atom. The third-order valence-electron chi connectivity index (χ3n) is 4.66.